The van der Waals surface area contributed by atoms with Crippen LogP contribution in [0.5, 0.6) is 0 Å². The van der Waals surface area contributed by atoms with Crippen molar-refractivity contribution in [1.29, 1.82) is 0 Å². The van der Waals surface area contributed by atoms with Gasteiger partial charge in [-0.15, -0.1) is 12.4 Å². The largest absolute Gasteiger partial charge is 0.391 e. The zero-order chi connectivity index (χ0) is 10.2. The summed E-state index contributed by atoms with van der Waals surface area (Å²) in [5.41, 5.74) is 0. The summed E-state index contributed by atoms with van der Waals surface area (Å²) in [6, 6.07) is 0. The minimum atomic E-state index is 0. The van der Waals surface area contributed by atoms with Gasteiger partial charge in [-0.1, -0.05) is 0 Å². The molecular weight excluding hydrogens is 210 g/mol. The molecule has 0 heterocycles. The van der Waals surface area contributed by atoms with E-state index in [2.05, 4.69) is 0 Å². The molecule has 0 unspecified atom stereocenters. The molecule has 0 aliphatic carbocycles. The highest BCUT2D eigenvalue weighted by Crippen LogP contribution is 2.04. The van der Waals surface area contributed by atoms with Crippen molar-refractivity contribution in [3.05, 3.63) is 0 Å². The third-order valence-electron chi connectivity index (χ3n) is 2.30. The summed E-state index contributed by atoms with van der Waals surface area (Å²) >= 11 is 0. The normalized spacial score (nSPS) is 11.1. The molecule has 0 amide bonds. The predicted octanol–water partition coefficient (Wildman–Crippen LogP) is -1.81. The van der Waals surface area contributed by atoms with Crippen molar-refractivity contribution in [2.45, 2.75) is 0 Å². The number of halogens is 1. The number of rotatable bonds is 8. The Hall–Kier alpha value is 0.0900. The second-order valence-corrected chi connectivity index (χ2v) is 3.13. The molecule has 0 aliphatic rings. The fraction of sp³-hybridized carbons (Fsp3) is 1.00. The lowest BCUT2D eigenvalue weighted by Gasteiger charge is -2.36. The van der Waals surface area contributed by atoms with Crippen molar-refractivity contribution in [2.75, 3.05) is 52.6 Å². The van der Waals surface area contributed by atoms with E-state index >= 15 is 0 Å². The monoisotopic (exact) mass is 230 g/mol. The Morgan fingerprint density at radius 3 is 0.929 bits per heavy atom. The topological polar surface area (TPSA) is 80.9 Å². The van der Waals surface area contributed by atoms with E-state index < -0.39 is 0 Å². The lowest BCUT2D eigenvalue weighted by molar-refractivity contribution is -0.929. The van der Waals surface area contributed by atoms with Gasteiger partial charge in [0.2, 0.25) is 0 Å². The van der Waals surface area contributed by atoms with Gasteiger partial charge < -0.3 is 24.9 Å². The van der Waals surface area contributed by atoms with Crippen LogP contribution >= 0.6 is 12.4 Å². The SMILES string of the molecule is Cl.OCC[N+](CCO)(CCO)CCO. The van der Waals surface area contributed by atoms with Crippen LogP contribution in [0.4, 0.5) is 0 Å². The van der Waals surface area contributed by atoms with Crippen LogP contribution in [0.1, 0.15) is 0 Å². The van der Waals surface area contributed by atoms with E-state index in [4.69, 9.17) is 20.4 Å². The van der Waals surface area contributed by atoms with Crippen molar-refractivity contribution >= 4 is 12.4 Å². The van der Waals surface area contributed by atoms with Crippen LogP contribution in [-0.4, -0.2) is 77.5 Å². The third-order valence-corrected chi connectivity index (χ3v) is 2.30. The summed E-state index contributed by atoms with van der Waals surface area (Å²) in [5.74, 6) is 0. The van der Waals surface area contributed by atoms with Crippen LogP contribution in [0.3, 0.4) is 0 Å². The first-order valence-electron chi connectivity index (χ1n) is 4.53. The Bertz CT molecular complexity index is 96.4. The van der Waals surface area contributed by atoms with Crippen LogP contribution in [0.2, 0.25) is 0 Å². The zero-order valence-electron chi connectivity index (χ0n) is 8.30. The lowest BCUT2D eigenvalue weighted by atomic mass is 10.3. The van der Waals surface area contributed by atoms with Gasteiger partial charge in [0.1, 0.15) is 26.2 Å². The highest BCUT2D eigenvalue weighted by atomic mass is 35.5. The van der Waals surface area contributed by atoms with Gasteiger partial charge in [-0.3, -0.25) is 0 Å². The van der Waals surface area contributed by atoms with Gasteiger partial charge in [0.25, 0.3) is 0 Å². The molecule has 5 nitrogen and oxygen atoms in total. The number of hydrogen-bond acceptors (Lipinski definition) is 4. The minimum Gasteiger partial charge on any atom is -0.391 e. The fourth-order valence-electron chi connectivity index (χ4n) is 1.52. The Morgan fingerprint density at radius 1 is 0.571 bits per heavy atom. The quantitative estimate of drug-likeness (QED) is 0.371. The maximum absolute atomic E-state index is 8.82. The van der Waals surface area contributed by atoms with Gasteiger partial charge in [0.05, 0.1) is 26.4 Å². The van der Waals surface area contributed by atoms with Crippen molar-refractivity contribution in [3.8, 4) is 0 Å². The molecule has 0 aromatic rings. The smallest absolute Gasteiger partial charge is 0.102 e. The maximum Gasteiger partial charge on any atom is 0.102 e. The Labute approximate surface area is 90.6 Å². The number of nitrogens with zero attached hydrogens (tertiary/aromatic N) is 1. The number of aliphatic hydroxyl groups excluding tert-OH is 4. The molecule has 0 spiro atoms. The van der Waals surface area contributed by atoms with Crippen molar-refractivity contribution in [3.63, 3.8) is 0 Å². The third kappa shape index (κ3) is 5.74. The van der Waals surface area contributed by atoms with E-state index in [0.717, 1.165) is 0 Å². The number of hydrogen-bond donors (Lipinski definition) is 4. The molecule has 0 bridgehead atoms. The highest BCUT2D eigenvalue weighted by Gasteiger charge is 2.24. The van der Waals surface area contributed by atoms with Gasteiger partial charge in [-0.05, 0) is 0 Å². The predicted molar refractivity (Wildman–Crippen MR) is 55.3 cm³/mol. The minimum absolute atomic E-state index is 0. The summed E-state index contributed by atoms with van der Waals surface area (Å²) in [5, 5.41) is 35.3. The van der Waals surface area contributed by atoms with Crippen LogP contribution in [0, 0.1) is 0 Å². The summed E-state index contributed by atoms with van der Waals surface area (Å²) in [7, 11) is 0. The van der Waals surface area contributed by atoms with Gasteiger partial charge in [-0.25, -0.2) is 0 Å². The Kier molecular flexibility index (Phi) is 11.4. The fourth-order valence-corrected chi connectivity index (χ4v) is 1.52. The van der Waals surface area contributed by atoms with E-state index in [1.54, 1.807) is 0 Å². The van der Waals surface area contributed by atoms with Gasteiger partial charge in [0, 0.05) is 0 Å². The highest BCUT2D eigenvalue weighted by molar-refractivity contribution is 5.85. The molecule has 0 rings (SSSR count). The molecule has 6 heteroatoms. The molecule has 14 heavy (non-hydrogen) atoms. The number of quaternary nitrogens is 1. The molecule has 0 aromatic heterocycles. The Balaban J connectivity index is 0. The first-order valence-corrected chi connectivity index (χ1v) is 4.53. The summed E-state index contributed by atoms with van der Waals surface area (Å²) < 4.78 is 0.375. The molecule has 88 valence electrons. The van der Waals surface area contributed by atoms with Crippen LogP contribution in [0.25, 0.3) is 0 Å². The van der Waals surface area contributed by atoms with Gasteiger partial charge >= 0.3 is 0 Å². The van der Waals surface area contributed by atoms with E-state index in [0.29, 0.717) is 30.7 Å². The lowest BCUT2D eigenvalue weighted by Crippen LogP contribution is -2.54. The van der Waals surface area contributed by atoms with Gasteiger partial charge in [-0.2, -0.15) is 0 Å². The maximum atomic E-state index is 8.82. The van der Waals surface area contributed by atoms with Crippen LogP contribution < -0.4 is 0 Å². The van der Waals surface area contributed by atoms with E-state index in [1.165, 1.54) is 0 Å². The van der Waals surface area contributed by atoms with E-state index in [1.807, 2.05) is 0 Å². The molecule has 0 aromatic carbocycles. The second-order valence-electron chi connectivity index (χ2n) is 3.13. The van der Waals surface area contributed by atoms with Crippen LogP contribution in [0.15, 0.2) is 0 Å². The summed E-state index contributed by atoms with van der Waals surface area (Å²) in [4.78, 5) is 0. The molecule has 0 radical (unpaired) electrons. The molecule has 0 aliphatic heterocycles. The molecule has 4 N–H and O–H groups in total. The van der Waals surface area contributed by atoms with E-state index in [9.17, 15) is 0 Å². The van der Waals surface area contributed by atoms with Crippen molar-refractivity contribution in [2.24, 2.45) is 0 Å². The molecule has 0 atom stereocenters. The standard InChI is InChI=1S/C8H20NO4.ClH/c10-5-1-9(2-6-11,3-7-12)4-8-13;/h10-13H,1-8H2;1H/q+1;. The van der Waals surface area contributed by atoms with E-state index in [-0.39, 0.29) is 38.8 Å². The zero-order valence-corrected chi connectivity index (χ0v) is 9.12. The first kappa shape index (κ1) is 16.5. The average molecular weight is 231 g/mol. The molecule has 0 saturated carbocycles. The molecule has 0 saturated heterocycles. The second kappa shape index (κ2) is 9.64. The Morgan fingerprint density at radius 2 is 0.786 bits per heavy atom. The van der Waals surface area contributed by atoms with Crippen LogP contribution in [-0.2, 0) is 0 Å². The first-order chi connectivity index (χ1) is 6.24. The molecule has 0 fully saturated rings. The van der Waals surface area contributed by atoms with Gasteiger partial charge in [0.15, 0.2) is 0 Å². The molecular formula is C8H21ClNO4+. The summed E-state index contributed by atoms with van der Waals surface area (Å²) in [6.45, 7) is 1.84. The average Bonchev–Trinajstić information content (AvgIpc) is 2.06. The number of aliphatic hydroxyl groups is 4. The van der Waals surface area contributed by atoms with Crippen molar-refractivity contribution in [1.82, 2.24) is 0 Å². The van der Waals surface area contributed by atoms with Crippen molar-refractivity contribution < 1.29 is 24.9 Å². The summed E-state index contributed by atoms with van der Waals surface area (Å²) in [6.07, 6.45) is 0.